The first-order valence-electron chi connectivity index (χ1n) is 7.05. The number of nitrogens with two attached hydrogens (primary N) is 1. The minimum absolute atomic E-state index is 0.541. The molecular formula is C16H15N5. The zero-order valence-electron chi connectivity index (χ0n) is 11.5. The van der Waals surface area contributed by atoms with Gasteiger partial charge in [-0.05, 0) is 25.0 Å². The molecule has 0 radical (unpaired) electrons. The molecule has 1 aliphatic carbocycles. The van der Waals surface area contributed by atoms with E-state index in [4.69, 9.17) is 5.84 Å². The number of nitrogens with zero attached hydrogens (tertiary/aromatic N) is 3. The van der Waals surface area contributed by atoms with Crippen LogP contribution in [0.5, 0.6) is 0 Å². The Balaban J connectivity index is 1.84. The third-order valence-electron chi connectivity index (χ3n) is 3.72. The molecule has 2 aromatic heterocycles. The van der Waals surface area contributed by atoms with Crippen molar-refractivity contribution < 1.29 is 0 Å². The lowest BCUT2D eigenvalue weighted by molar-refractivity contribution is 0.986. The van der Waals surface area contributed by atoms with Crippen molar-refractivity contribution in [3.8, 4) is 11.5 Å². The Labute approximate surface area is 122 Å². The summed E-state index contributed by atoms with van der Waals surface area (Å²) in [5.74, 6) is 7.32. The number of nitrogen functional groups attached to an aromatic ring is 1. The van der Waals surface area contributed by atoms with E-state index in [2.05, 4.69) is 20.4 Å². The molecule has 1 aliphatic rings. The Morgan fingerprint density at radius 1 is 1.00 bits per heavy atom. The van der Waals surface area contributed by atoms with Gasteiger partial charge in [0.2, 0.25) is 0 Å². The van der Waals surface area contributed by atoms with E-state index in [1.165, 1.54) is 12.8 Å². The Hall–Kier alpha value is -2.53. The molecule has 1 saturated carbocycles. The van der Waals surface area contributed by atoms with E-state index < -0.39 is 0 Å². The van der Waals surface area contributed by atoms with E-state index >= 15 is 0 Å². The largest absolute Gasteiger partial charge is 0.308 e. The van der Waals surface area contributed by atoms with Gasteiger partial charge in [0, 0.05) is 23.1 Å². The van der Waals surface area contributed by atoms with E-state index in [1.54, 1.807) is 0 Å². The zero-order valence-corrected chi connectivity index (χ0v) is 11.5. The van der Waals surface area contributed by atoms with Crippen molar-refractivity contribution >= 4 is 16.7 Å². The SMILES string of the molecule is NNc1cc(C2CC2)nc(-c2ccc3ccccc3n2)n1. The van der Waals surface area contributed by atoms with Gasteiger partial charge < -0.3 is 5.43 Å². The molecule has 1 fully saturated rings. The molecular weight excluding hydrogens is 262 g/mol. The van der Waals surface area contributed by atoms with Crippen LogP contribution in [0.1, 0.15) is 24.5 Å². The highest BCUT2D eigenvalue weighted by atomic mass is 15.3. The summed E-state index contributed by atoms with van der Waals surface area (Å²) < 4.78 is 0. The second-order valence-electron chi connectivity index (χ2n) is 5.31. The van der Waals surface area contributed by atoms with E-state index in [1.807, 2.05) is 42.5 Å². The van der Waals surface area contributed by atoms with Gasteiger partial charge in [0.1, 0.15) is 11.5 Å². The summed E-state index contributed by atoms with van der Waals surface area (Å²) in [5.41, 5.74) is 5.38. The average Bonchev–Trinajstić information content (AvgIpc) is 3.39. The number of hydrazine groups is 1. The van der Waals surface area contributed by atoms with Gasteiger partial charge in [-0.1, -0.05) is 24.3 Å². The van der Waals surface area contributed by atoms with Crippen LogP contribution in [0.25, 0.3) is 22.4 Å². The van der Waals surface area contributed by atoms with Gasteiger partial charge >= 0.3 is 0 Å². The molecule has 3 aromatic rings. The standard InChI is InChI=1S/C16H15N5/c17-21-15-9-14(11-5-6-11)19-16(20-15)13-8-7-10-3-1-2-4-12(10)18-13/h1-4,7-9,11H,5-6,17H2,(H,19,20,21). The zero-order chi connectivity index (χ0) is 14.2. The van der Waals surface area contributed by atoms with E-state index in [9.17, 15) is 0 Å². The van der Waals surface area contributed by atoms with Crippen molar-refractivity contribution in [2.45, 2.75) is 18.8 Å². The molecule has 3 N–H and O–H groups in total. The van der Waals surface area contributed by atoms with E-state index in [0.29, 0.717) is 17.6 Å². The minimum atomic E-state index is 0.541. The van der Waals surface area contributed by atoms with Gasteiger partial charge in [-0.3, -0.25) is 0 Å². The molecule has 5 heteroatoms. The number of fused-ring (bicyclic) bond motifs is 1. The van der Waals surface area contributed by atoms with Crippen LogP contribution in [0.3, 0.4) is 0 Å². The van der Waals surface area contributed by atoms with Gasteiger partial charge in [-0.15, -0.1) is 0 Å². The van der Waals surface area contributed by atoms with E-state index in [0.717, 1.165) is 22.3 Å². The topological polar surface area (TPSA) is 76.7 Å². The first kappa shape index (κ1) is 12.2. The molecule has 0 bridgehead atoms. The van der Waals surface area contributed by atoms with Crippen molar-refractivity contribution in [1.82, 2.24) is 15.0 Å². The lowest BCUT2D eigenvalue weighted by Crippen LogP contribution is -2.10. The predicted octanol–water partition coefficient (Wildman–Crippen LogP) is 2.85. The molecule has 0 amide bonds. The predicted molar refractivity (Wildman–Crippen MR) is 82.6 cm³/mol. The maximum absolute atomic E-state index is 5.52. The fourth-order valence-corrected chi connectivity index (χ4v) is 2.43. The van der Waals surface area contributed by atoms with Crippen LogP contribution in [0.4, 0.5) is 5.82 Å². The molecule has 0 atom stereocenters. The lowest BCUT2D eigenvalue weighted by atomic mass is 10.2. The highest BCUT2D eigenvalue weighted by Gasteiger charge is 2.26. The number of hydrogen-bond donors (Lipinski definition) is 2. The first-order chi connectivity index (χ1) is 10.3. The smallest absolute Gasteiger partial charge is 0.180 e. The average molecular weight is 277 g/mol. The number of pyridine rings is 1. The fourth-order valence-electron chi connectivity index (χ4n) is 2.43. The molecule has 5 nitrogen and oxygen atoms in total. The molecule has 104 valence electrons. The summed E-state index contributed by atoms with van der Waals surface area (Å²) in [5, 5.41) is 1.11. The minimum Gasteiger partial charge on any atom is -0.308 e. The Morgan fingerprint density at radius 3 is 2.67 bits per heavy atom. The van der Waals surface area contributed by atoms with Gasteiger partial charge in [-0.25, -0.2) is 20.8 Å². The second-order valence-corrected chi connectivity index (χ2v) is 5.31. The van der Waals surface area contributed by atoms with Crippen LogP contribution in [0.15, 0.2) is 42.5 Å². The number of para-hydroxylation sites is 1. The highest BCUT2D eigenvalue weighted by molar-refractivity contribution is 5.80. The summed E-state index contributed by atoms with van der Waals surface area (Å²) in [6.07, 6.45) is 2.37. The molecule has 0 aliphatic heterocycles. The number of hydrogen-bond acceptors (Lipinski definition) is 5. The number of anilines is 1. The quantitative estimate of drug-likeness (QED) is 0.568. The molecule has 0 spiro atoms. The van der Waals surface area contributed by atoms with Crippen LogP contribution >= 0.6 is 0 Å². The molecule has 0 unspecified atom stereocenters. The van der Waals surface area contributed by atoms with Crippen molar-refractivity contribution in [2.24, 2.45) is 5.84 Å². The third-order valence-corrected chi connectivity index (χ3v) is 3.72. The summed E-state index contributed by atoms with van der Waals surface area (Å²) in [6.45, 7) is 0. The van der Waals surface area contributed by atoms with Gasteiger partial charge in [0.25, 0.3) is 0 Å². The number of aromatic nitrogens is 3. The van der Waals surface area contributed by atoms with Crippen molar-refractivity contribution in [3.63, 3.8) is 0 Å². The Bertz CT molecular complexity index is 811. The van der Waals surface area contributed by atoms with Gasteiger partial charge in [0.05, 0.1) is 5.52 Å². The maximum atomic E-state index is 5.52. The molecule has 4 rings (SSSR count). The monoisotopic (exact) mass is 277 g/mol. The number of rotatable bonds is 3. The summed E-state index contributed by atoms with van der Waals surface area (Å²) in [6, 6.07) is 13.9. The first-order valence-corrected chi connectivity index (χ1v) is 7.05. The lowest BCUT2D eigenvalue weighted by Gasteiger charge is -2.07. The summed E-state index contributed by atoms with van der Waals surface area (Å²) in [7, 11) is 0. The number of benzene rings is 1. The van der Waals surface area contributed by atoms with Crippen molar-refractivity contribution in [1.29, 1.82) is 0 Å². The van der Waals surface area contributed by atoms with Crippen LogP contribution in [-0.2, 0) is 0 Å². The third kappa shape index (κ3) is 2.32. The van der Waals surface area contributed by atoms with Crippen molar-refractivity contribution in [3.05, 3.63) is 48.2 Å². The fraction of sp³-hybridized carbons (Fsp3) is 0.188. The second kappa shape index (κ2) is 4.79. The van der Waals surface area contributed by atoms with Crippen LogP contribution in [0, 0.1) is 0 Å². The molecule has 1 aromatic carbocycles. The van der Waals surface area contributed by atoms with Crippen LogP contribution in [-0.4, -0.2) is 15.0 Å². The molecule has 2 heterocycles. The Morgan fingerprint density at radius 2 is 1.86 bits per heavy atom. The summed E-state index contributed by atoms with van der Waals surface area (Å²) in [4.78, 5) is 13.7. The number of nitrogens with one attached hydrogen (secondary N) is 1. The van der Waals surface area contributed by atoms with Gasteiger partial charge in [0.15, 0.2) is 5.82 Å². The Kier molecular flexibility index (Phi) is 2.79. The molecule has 21 heavy (non-hydrogen) atoms. The normalized spacial score (nSPS) is 14.3. The van der Waals surface area contributed by atoms with Crippen LogP contribution < -0.4 is 11.3 Å². The van der Waals surface area contributed by atoms with Gasteiger partial charge in [-0.2, -0.15) is 0 Å². The maximum Gasteiger partial charge on any atom is 0.180 e. The summed E-state index contributed by atoms with van der Waals surface area (Å²) >= 11 is 0. The highest BCUT2D eigenvalue weighted by Crippen LogP contribution is 2.40. The van der Waals surface area contributed by atoms with E-state index in [-0.39, 0.29) is 0 Å². The molecule has 0 saturated heterocycles. The van der Waals surface area contributed by atoms with Crippen LogP contribution in [0.2, 0.25) is 0 Å². The van der Waals surface area contributed by atoms with Crippen molar-refractivity contribution in [2.75, 3.05) is 5.43 Å².